The van der Waals surface area contributed by atoms with Crippen LogP contribution in [0.15, 0.2) is 12.4 Å². The van der Waals surface area contributed by atoms with E-state index in [4.69, 9.17) is 0 Å². The van der Waals surface area contributed by atoms with Gasteiger partial charge in [-0.2, -0.15) is 0 Å². The molecule has 3 heteroatoms. The molecule has 1 aromatic rings. The Morgan fingerprint density at radius 3 is 2.81 bits per heavy atom. The van der Waals surface area contributed by atoms with Gasteiger partial charge < -0.3 is 9.88 Å². The minimum atomic E-state index is 0.733. The Kier molecular flexibility index (Phi) is 2.85. The maximum Gasteiger partial charge on any atom is 0.203 e. The van der Waals surface area contributed by atoms with Crippen molar-refractivity contribution in [3.05, 3.63) is 12.4 Å². The monoisotopic (exact) mass is 219 g/mol. The van der Waals surface area contributed by atoms with Crippen LogP contribution in [0.5, 0.6) is 0 Å². The molecule has 0 aromatic carbocycles. The predicted octanol–water partition coefficient (Wildman–Crippen LogP) is 3.21. The second-order valence-corrected chi connectivity index (χ2v) is 5.26. The summed E-state index contributed by atoms with van der Waals surface area (Å²) in [6.45, 7) is 1.09. The van der Waals surface area contributed by atoms with Gasteiger partial charge in [-0.15, -0.1) is 0 Å². The van der Waals surface area contributed by atoms with Crippen LogP contribution in [-0.2, 0) is 0 Å². The van der Waals surface area contributed by atoms with E-state index in [0.717, 1.165) is 24.5 Å². The van der Waals surface area contributed by atoms with Crippen LogP contribution in [0.25, 0.3) is 0 Å². The van der Waals surface area contributed by atoms with Gasteiger partial charge in [-0.25, -0.2) is 4.98 Å². The molecule has 2 aliphatic carbocycles. The first kappa shape index (κ1) is 10.2. The van der Waals surface area contributed by atoms with Gasteiger partial charge >= 0.3 is 0 Å². The molecule has 2 fully saturated rings. The smallest absolute Gasteiger partial charge is 0.203 e. The number of hydrogen-bond acceptors (Lipinski definition) is 2. The van der Waals surface area contributed by atoms with Crippen molar-refractivity contribution < 1.29 is 0 Å². The molecular formula is C13H21N3. The van der Waals surface area contributed by atoms with Gasteiger partial charge in [0.05, 0.1) is 0 Å². The van der Waals surface area contributed by atoms with Crippen molar-refractivity contribution in [3.8, 4) is 0 Å². The van der Waals surface area contributed by atoms with Gasteiger partial charge in [0.15, 0.2) is 0 Å². The summed E-state index contributed by atoms with van der Waals surface area (Å²) in [6.07, 6.45) is 13.8. The van der Waals surface area contributed by atoms with Crippen molar-refractivity contribution in [2.75, 3.05) is 11.9 Å². The first-order valence-electron chi connectivity index (χ1n) is 6.70. The number of hydrogen-bond donors (Lipinski definition) is 1. The van der Waals surface area contributed by atoms with Crippen LogP contribution in [0.2, 0.25) is 0 Å². The van der Waals surface area contributed by atoms with Crippen molar-refractivity contribution in [2.45, 2.75) is 51.0 Å². The van der Waals surface area contributed by atoms with Crippen LogP contribution in [0, 0.1) is 5.92 Å². The van der Waals surface area contributed by atoms with Gasteiger partial charge in [-0.05, 0) is 25.2 Å². The Hall–Kier alpha value is -0.990. The van der Waals surface area contributed by atoms with E-state index in [-0.39, 0.29) is 0 Å². The van der Waals surface area contributed by atoms with Gasteiger partial charge in [-0.1, -0.05) is 25.7 Å². The molecule has 1 aromatic heterocycles. The fourth-order valence-electron chi connectivity index (χ4n) is 2.78. The summed E-state index contributed by atoms with van der Waals surface area (Å²) in [5.41, 5.74) is 0. The minimum absolute atomic E-state index is 0.733. The summed E-state index contributed by atoms with van der Waals surface area (Å²) >= 11 is 0. The fraction of sp³-hybridized carbons (Fsp3) is 0.769. The molecule has 0 radical (unpaired) electrons. The Bertz CT molecular complexity index is 335. The van der Waals surface area contributed by atoms with Crippen LogP contribution >= 0.6 is 0 Å². The maximum absolute atomic E-state index is 4.39. The SMILES string of the molecule is c1cn(C2CC2)c(NCCC2CCCC2)n1. The molecule has 16 heavy (non-hydrogen) atoms. The third-order valence-corrected chi connectivity index (χ3v) is 3.92. The van der Waals surface area contributed by atoms with E-state index >= 15 is 0 Å². The highest BCUT2D eigenvalue weighted by molar-refractivity contribution is 5.27. The third-order valence-electron chi connectivity index (χ3n) is 3.92. The van der Waals surface area contributed by atoms with Crippen LogP contribution in [0.1, 0.15) is 51.0 Å². The van der Waals surface area contributed by atoms with E-state index in [1.54, 1.807) is 0 Å². The van der Waals surface area contributed by atoms with E-state index in [9.17, 15) is 0 Å². The molecule has 0 saturated heterocycles. The third kappa shape index (κ3) is 2.23. The molecule has 88 valence electrons. The van der Waals surface area contributed by atoms with Crippen LogP contribution in [0.4, 0.5) is 5.95 Å². The zero-order valence-electron chi connectivity index (χ0n) is 9.86. The van der Waals surface area contributed by atoms with Crippen molar-refractivity contribution >= 4 is 5.95 Å². The largest absolute Gasteiger partial charge is 0.356 e. The standard InChI is InChI=1S/C13H21N3/c1-2-4-11(3-1)7-8-14-13-15-9-10-16(13)12-5-6-12/h9-12H,1-8H2,(H,14,15). The summed E-state index contributed by atoms with van der Waals surface area (Å²) in [6, 6.07) is 0.733. The van der Waals surface area contributed by atoms with E-state index in [2.05, 4.69) is 21.1 Å². The number of nitrogens with one attached hydrogen (secondary N) is 1. The van der Waals surface area contributed by atoms with Crippen LogP contribution in [0.3, 0.4) is 0 Å². The first-order chi connectivity index (χ1) is 7.93. The molecule has 3 nitrogen and oxygen atoms in total. The topological polar surface area (TPSA) is 29.9 Å². The molecule has 0 atom stereocenters. The zero-order chi connectivity index (χ0) is 10.8. The number of nitrogens with zero attached hydrogens (tertiary/aromatic N) is 2. The number of imidazole rings is 1. The highest BCUT2D eigenvalue weighted by Gasteiger charge is 2.25. The maximum atomic E-state index is 4.39. The highest BCUT2D eigenvalue weighted by atomic mass is 15.2. The zero-order valence-corrected chi connectivity index (χ0v) is 9.86. The van der Waals surface area contributed by atoms with Crippen molar-refractivity contribution in [2.24, 2.45) is 5.92 Å². The molecule has 0 amide bonds. The Labute approximate surface area is 97.3 Å². The second kappa shape index (κ2) is 4.48. The lowest BCUT2D eigenvalue weighted by molar-refractivity contribution is 0.517. The van der Waals surface area contributed by atoms with Gasteiger partial charge in [-0.3, -0.25) is 0 Å². The molecule has 0 bridgehead atoms. The van der Waals surface area contributed by atoms with Gasteiger partial charge in [0, 0.05) is 25.0 Å². The number of aromatic nitrogens is 2. The lowest BCUT2D eigenvalue weighted by Crippen LogP contribution is -2.10. The molecule has 3 rings (SSSR count). The Morgan fingerprint density at radius 1 is 1.25 bits per heavy atom. The number of anilines is 1. The normalized spacial score (nSPS) is 21.5. The quantitative estimate of drug-likeness (QED) is 0.824. The summed E-state index contributed by atoms with van der Waals surface area (Å²) in [7, 11) is 0. The molecule has 1 heterocycles. The molecular weight excluding hydrogens is 198 g/mol. The van der Waals surface area contributed by atoms with E-state index < -0.39 is 0 Å². The molecule has 1 N–H and O–H groups in total. The first-order valence-corrected chi connectivity index (χ1v) is 6.70. The lowest BCUT2D eigenvalue weighted by Gasteiger charge is -2.11. The van der Waals surface area contributed by atoms with E-state index in [1.807, 2.05) is 6.20 Å². The van der Waals surface area contributed by atoms with Crippen molar-refractivity contribution in [3.63, 3.8) is 0 Å². The van der Waals surface area contributed by atoms with Crippen molar-refractivity contribution in [1.29, 1.82) is 0 Å². The summed E-state index contributed by atoms with van der Waals surface area (Å²) in [5, 5.41) is 3.49. The van der Waals surface area contributed by atoms with E-state index in [0.29, 0.717) is 0 Å². The van der Waals surface area contributed by atoms with Crippen LogP contribution < -0.4 is 5.32 Å². The summed E-state index contributed by atoms with van der Waals surface area (Å²) in [5.74, 6) is 2.05. The van der Waals surface area contributed by atoms with E-state index in [1.165, 1.54) is 44.9 Å². The van der Waals surface area contributed by atoms with Gasteiger partial charge in [0.25, 0.3) is 0 Å². The lowest BCUT2D eigenvalue weighted by atomic mass is 10.0. The highest BCUT2D eigenvalue weighted by Crippen LogP contribution is 2.36. The van der Waals surface area contributed by atoms with Crippen molar-refractivity contribution in [1.82, 2.24) is 9.55 Å². The minimum Gasteiger partial charge on any atom is -0.356 e. The average Bonchev–Trinajstić information content (AvgIpc) is 2.82. The fourth-order valence-corrected chi connectivity index (χ4v) is 2.78. The molecule has 2 saturated carbocycles. The molecule has 0 aliphatic heterocycles. The van der Waals surface area contributed by atoms with Gasteiger partial charge in [0.1, 0.15) is 0 Å². The second-order valence-electron chi connectivity index (χ2n) is 5.26. The Balaban J connectivity index is 1.48. The summed E-state index contributed by atoms with van der Waals surface area (Å²) < 4.78 is 2.30. The average molecular weight is 219 g/mol. The van der Waals surface area contributed by atoms with Gasteiger partial charge in [0.2, 0.25) is 5.95 Å². The Morgan fingerprint density at radius 2 is 2.06 bits per heavy atom. The number of rotatable bonds is 5. The predicted molar refractivity (Wildman–Crippen MR) is 65.6 cm³/mol. The van der Waals surface area contributed by atoms with Crippen LogP contribution in [-0.4, -0.2) is 16.1 Å². The molecule has 0 spiro atoms. The molecule has 0 unspecified atom stereocenters. The molecule has 2 aliphatic rings. The summed E-state index contributed by atoms with van der Waals surface area (Å²) in [4.78, 5) is 4.39.